The minimum Gasteiger partial charge on any atom is -0.248 e. The lowest BCUT2D eigenvalue weighted by molar-refractivity contribution is -0.0469. The molecule has 1 aromatic carbocycles. The molecule has 0 unspecified atom stereocenters. The van der Waals surface area contributed by atoms with E-state index in [1.807, 2.05) is 6.92 Å². The molecule has 0 bridgehead atoms. The summed E-state index contributed by atoms with van der Waals surface area (Å²) in [6, 6.07) is 7.44. The fourth-order valence-corrected chi connectivity index (χ4v) is 3.54. The van der Waals surface area contributed by atoms with Crippen LogP contribution in [0.3, 0.4) is 0 Å². The van der Waals surface area contributed by atoms with E-state index in [2.05, 4.69) is 6.07 Å². The molecule has 0 amide bonds. The van der Waals surface area contributed by atoms with E-state index in [-0.39, 0.29) is 18.8 Å². The Hall–Kier alpha value is -1.32. The molecular formula is C15H18F2N2OS. The number of alkyl halides is 2. The molecule has 0 spiro atoms. The van der Waals surface area contributed by atoms with E-state index in [1.165, 1.54) is 0 Å². The number of nitrogens with two attached hydrogens (primary N) is 1. The van der Waals surface area contributed by atoms with Gasteiger partial charge in [0.25, 0.3) is 0 Å². The zero-order valence-corrected chi connectivity index (χ0v) is 12.6. The Morgan fingerprint density at radius 1 is 1.43 bits per heavy atom. The Morgan fingerprint density at radius 3 is 2.57 bits per heavy atom. The lowest BCUT2D eigenvalue weighted by Gasteiger charge is -2.31. The maximum atomic E-state index is 13.3. The molecule has 0 radical (unpaired) electrons. The van der Waals surface area contributed by atoms with Gasteiger partial charge in [-0.1, -0.05) is 17.7 Å². The van der Waals surface area contributed by atoms with E-state index in [9.17, 15) is 18.3 Å². The molecule has 1 aromatic rings. The normalized spacial score (nSPS) is 21.5. The van der Waals surface area contributed by atoms with Gasteiger partial charge in [-0.15, -0.1) is 0 Å². The van der Waals surface area contributed by atoms with Crippen LogP contribution in [0.25, 0.3) is 0 Å². The van der Waals surface area contributed by atoms with Gasteiger partial charge in [0, 0.05) is 12.8 Å². The highest BCUT2D eigenvalue weighted by Gasteiger charge is 2.38. The highest BCUT2D eigenvalue weighted by Crippen LogP contribution is 2.43. The molecule has 6 heteroatoms. The smallest absolute Gasteiger partial charge is 0.248 e. The Morgan fingerprint density at radius 2 is 2.05 bits per heavy atom. The molecule has 0 heterocycles. The van der Waals surface area contributed by atoms with Crippen LogP contribution in [-0.4, -0.2) is 10.1 Å². The van der Waals surface area contributed by atoms with E-state index in [1.54, 1.807) is 18.2 Å². The van der Waals surface area contributed by atoms with Crippen molar-refractivity contribution in [1.29, 1.82) is 5.26 Å². The summed E-state index contributed by atoms with van der Waals surface area (Å²) in [5.74, 6) is -3.30. The molecule has 21 heavy (non-hydrogen) atoms. The number of hydrogen-bond acceptors (Lipinski definition) is 2. The zero-order chi connectivity index (χ0) is 15.6. The van der Waals surface area contributed by atoms with Crippen molar-refractivity contribution in [2.75, 3.05) is 0 Å². The number of nitriles is 1. The van der Waals surface area contributed by atoms with Crippen LogP contribution in [-0.2, 0) is 11.0 Å². The second-order valence-electron chi connectivity index (χ2n) is 5.64. The number of halogens is 2. The van der Waals surface area contributed by atoms with Crippen molar-refractivity contribution in [2.45, 2.75) is 49.3 Å². The van der Waals surface area contributed by atoms with E-state index >= 15 is 0 Å². The van der Waals surface area contributed by atoms with E-state index in [0.29, 0.717) is 23.3 Å². The van der Waals surface area contributed by atoms with Gasteiger partial charge >= 0.3 is 0 Å². The van der Waals surface area contributed by atoms with Gasteiger partial charge in [-0.05, 0) is 37.3 Å². The number of nitrogens with zero attached hydrogens (tertiary/aromatic N) is 1. The van der Waals surface area contributed by atoms with Crippen molar-refractivity contribution >= 4 is 11.0 Å². The number of hydrogen-bond donors (Lipinski definition) is 1. The highest BCUT2D eigenvalue weighted by atomic mass is 32.2. The second-order valence-corrected chi connectivity index (χ2v) is 6.67. The van der Waals surface area contributed by atoms with Crippen molar-refractivity contribution in [3.8, 4) is 6.07 Å². The average molecular weight is 312 g/mol. The molecule has 0 aliphatic heterocycles. The van der Waals surface area contributed by atoms with Crippen molar-refractivity contribution in [2.24, 2.45) is 11.1 Å². The quantitative estimate of drug-likeness (QED) is 0.929. The molecular weight excluding hydrogens is 294 g/mol. The third kappa shape index (κ3) is 3.66. The van der Waals surface area contributed by atoms with Crippen LogP contribution in [0.1, 0.15) is 42.7 Å². The summed E-state index contributed by atoms with van der Waals surface area (Å²) in [6.45, 7) is 1.87. The van der Waals surface area contributed by atoms with Crippen LogP contribution in [0.2, 0.25) is 0 Å². The molecule has 0 aromatic heterocycles. The van der Waals surface area contributed by atoms with Gasteiger partial charge < -0.3 is 0 Å². The highest BCUT2D eigenvalue weighted by molar-refractivity contribution is 7.82. The predicted molar refractivity (Wildman–Crippen MR) is 77.0 cm³/mol. The first-order valence-corrected chi connectivity index (χ1v) is 8.09. The number of rotatable bonds is 3. The monoisotopic (exact) mass is 312 g/mol. The zero-order valence-electron chi connectivity index (χ0n) is 11.8. The van der Waals surface area contributed by atoms with Crippen LogP contribution in [0.5, 0.6) is 0 Å². The largest absolute Gasteiger partial charge is 0.248 e. The molecule has 1 saturated carbocycles. The van der Waals surface area contributed by atoms with Crippen molar-refractivity contribution < 1.29 is 13.0 Å². The van der Waals surface area contributed by atoms with E-state index < -0.39 is 22.8 Å². The van der Waals surface area contributed by atoms with Gasteiger partial charge in [0.15, 0.2) is 0 Å². The summed E-state index contributed by atoms with van der Waals surface area (Å²) in [7, 11) is -1.69. The van der Waals surface area contributed by atoms with Gasteiger partial charge in [0.1, 0.15) is 11.0 Å². The van der Waals surface area contributed by atoms with Crippen LogP contribution < -0.4 is 5.14 Å². The van der Waals surface area contributed by atoms with Gasteiger partial charge in [-0.25, -0.2) is 18.1 Å². The molecule has 1 aliphatic rings. The maximum absolute atomic E-state index is 13.3. The van der Waals surface area contributed by atoms with Crippen molar-refractivity contribution in [3.63, 3.8) is 0 Å². The molecule has 2 atom stereocenters. The molecule has 2 rings (SSSR count). The number of aryl methyl sites for hydroxylation is 1. The fourth-order valence-electron chi connectivity index (χ4n) is 2.92. The summed E-state index contributed by atoms with van der Waals surface area (Å²) in [6.07, 6.45) is 0.219. The van der Waals surface area contributed by atoms with E-state index in [0.717, 1.165) is 5.56 Å². The summed E-state index contributed by atoms with van der Waals surface area (Å²) >= 11 is 0. The van der Waals surface area contributed by atoms with E-state index in [4.69, 9.17) is 5.14 Å². The van der Waals surface area contributed by atoms with Gasteiger partial charge in [0.05, 0.1) is 16.9 Å². The maximum Gasteiger partial charge on any atom is 0.248 e. The third-order valence-corrected chi connectivity index (χ3v) is 4.89. The Labute approximate surface area is 125 Å². The summed E-state index contributed by atoms with van der Waals surface area (Å²) < 4.78 is 38.2. The Kier molecular flexibility index (Phi) is 4.74. The molecule has 0 saturated heterocycles. The summed E-state index contributed by atoms with van der Waals surface area (Å²) in [5, 5.41) is 15.0. The first-order valence-electron chi connectivity index (χ1n) is 6.88. The number of benzene rings is 1. The standard InChI is InChI=1S/C15H18F2N2OS/c1-10-2-3-14(21(19)20)12(8-10)13(9-18)11-4-6-15(16,17)7-5-11/h2-3,8,11,13H,4-7,19H2,1H3/t13-,21-/m0/s1. The molecule has 114 valence electrons. The van der Waals surface area contributed by atoms with Crippen LogP contribution in [0.4, 0.5) is 8.78 Å². The minimum atomic E-state index is -2.62. The first kappa shape index (κ1) is 16.1. The first-order chi connectivity index (χ1) is 9.84. The topological polar surface area (TPSA) is 66.9 Å². The van der Waals surface area contributed by atoms with Gasteiger partial charge in [0.2, 0.25) is 5.92 Å². The molecule has 1 aliphatic carbocycles. The summed E-state index contributed by atoms with van der Waals surface area (Å²) in [5.41, 5.74) is 1.55. The van der Waals surface area contributed by atoms with Crippen LogP contribution in [0, 0.1) is 24.2 Å². The Balaban J connectivity index is 2.32. The lowest BCUT2D eigenvalue weighted by Crippen LogP contribution is -2.28. The van der Waals surface area contributed by atoms with Crippen molar-refractivity contribution in [1.82, 2.24) is 0 Å². The third-order valence-electron chi connectivity index (χ3n) is 4.09. The summed E-state index contributed by atoms with van der Waals surface area (Å²) in [4.78, 5) is 0.421. The predicted octanol–water partition coefficient (Wildman–Crippen LogP) is 3.41. The van der Waals surface area contributed by atoms with Crippen LogP contribution >= 0.6 is 0 Å². The SMILES string of the molecule is Cc1ccc([S@@](N)=O)c([C@@H](C#N)C2CCC(F)(F)CC2)c1. The Bertz CT molecular complexity index is 588. The second kappa shape index (κ2) is 6.20. The minimum absolute atomic E-state index is 0.140. The van der Waals surface area contributed by atoms with Crippen LogP contribution in [0.15, 0.2) is 23.1 Å². The average Bonchev–Trinajstić information content (AvgIpc) is 2.41. The van der Waals surface area contributed by atoms with Gasteiger partial charge in [-0.2, -0.15) is 5.26 Å². The van der Waals surface area contributed by atoms with Gasteiger partial charge in [-0.3, -0.25) is 0 Å². The molecule has 2 N–H and O–H groups in total. The van der Waals surface area contributed by atoms with Crippen molar-refractivity contribution in [3.05, 3.63) is 29.3 Å². The molecule has 3 nitrogen and oxygen atoms in total. The lowest BCUT2D eigenvalue weighted by atomic mass is 9.76. The fraction of sp³-hybridized carbons (Fsp3) is 0.533. The molecule has 1 fully saturated rings.